The molecule has 1 N–H and O–H groups in total. The summed E-state index contributed by atoms with van der Waals surface area (Å²) in [6.07, 6.45) is 6.04. The molecule has 2 aliphatic heterocycles. The summed E-state index contributed by atoms with van der Waals surface area (Å²) >= 11 is 0. The molecule has 2 fully saturated rings. The van der Waals surface area contributed by atoms with Crippen molar-refractivity contribution in [1.82, 2.24) is 4.90 Å². The number of likely N-dealkylation sites (tertiary alicyclic amines) is 1. The van der Waals surface area contributed by atoms with E-state index < -0.39 is 0 Å². The average Bonchev–Trinajstić information content (AvgIpc) is 3.07. The second-order valence-corrected chi connectivity index (χ2v) is 6.46. The SMILES string of the molecule is O[C@H](c1ccccc1)C1CCN(CC[C@H]2CCCO2)CC1. The molecule has 0 aromatic heterocycles. The highest BCUT2D eigenvalue weighted by Gasteiger charge is 2.26. The Balaban J connectivity index is 1.42. The van der Waals surface area contributed by atoms with E-state index in [4.69, 9.17) is 4.74 Å². The fraction of sp³-hybridized carbons (Fsp3) is 0.667. The monoisotopic (exact) mass is 289 g/mol. The Morgan fingerprint density at radius 3 is 2.57 bits per heavy atom. The quantitative estimate of drug-likeness (QED) is 0.904. The van der Waals surface area contributed by atoms with Gasteiger partial charge in [0.1, 0.15) is 0 Å². The van der Waals surface area contributed by atoms with Crippen molar-refractivity contribution in [2.24, 2.45) is 5.92 Å². The van der Waals surface area contributed by atoms with Gasteiger partial charge in [-0.1, -0.05) is 30.3 Å². The number of benzene rings is 1. The average molecular weight is 289 g/mol. The molecule has 3 heteroatoms. The van der Waals surface area contributed by atoms with E-state index in [-0.39, 0.29) is 6.10 Å². The van der Waals surface area contributed by atoms with E-state index in [1.165, 1.54) is 19.3 Å². The van der Waals surface area contributed by atoms with Crippen molar-refractivity contribution in [3.63, 3.8) is 0 Å². The van der Waals surface area contributed by atoms with Crippen molar-refractivity contribution < 1.29 is 9.84 Å². The first-order valence-electron chi connectivity index (χ1n) is 8.40. The zero-order valence-corrected chi connectivity index (χ0v) is 12.8. The number of ether oxygens (including phenoxy) is 1. The second kappa shape index (κ2) is 7.39. The number of rotatable bonds is 5. The van der Waals surface area contributed by atoms with Crippen LogP contribution in [0.25, 0.3) is 0 Å². The van der Waals surface area contributed by atoms with Crippen LogP contribution in [0.2, 0.25) is 0 Å². The molecule has 3 rings (SSSR count). The third kappa shape index (κ3) is 4.06. The fourth-order valence-electron chi connectivity index (χ4n) is 3.61. The normalized spacial score (nSPS) is 26.0. The van der Waals surface area contributed by atoms with Crippen LogP contribution in [0.5, 0.6) is 0 Å². The maximum Gasteiger partial charge on any atom is 0.0819 e. The van der Waals surface area contributed by atoms with Gasteiger partial charge >= 0.3 is 0 Å². The van der Waals surface area contributed by atoms with Crippen LogP contribution in [0.4, 0.5) is 0 Å². The minimum absolute atomic E-state index is 0.300. The fourth-order valence-corrected chi connectivity index (χ4v) is 3.61. The minimum Gasteiger partial charge on any atom is -0.388 e. The molecule has 2 heterocycles. The van der Waals surface area contributed by atoms with Gasteiger partial charge in [0.05, 0.1) is 12.2 Å². The molecule has 2 aliphatic rings. The van der Waals surface area contributed by atoms with E-state index in [0.717, 1.165) is 44.6 Å². The number of hydrogen-bond donors (Lipinski definition) is 1. The molecular weight excluding hydrogens is 262 g/mol. The maximum absolute atomic E-state index is 10.5. The zero-order chi connectivity index (χ0) is 14.5. The highest BCUT2D eigenvalue weighted by atomic mass is 16.5. The molecule has 3 nitrogen and oxygen atoms in total. The van der Waals surface area contributed by atoms with Gasteiger partial charge in [0.2, 0.25) is 0 Å². The minimum atomic E-state index is -0.300. The van der Waals surface area contributed by atoms with Crippen LogP contribution >= 0.6 is 0 Å². The molecule has 0 spiro atoms. The number of nitrogens with zero attached hydrogens (tertiary/aromatic N) is 1. The van der Waals surface area contributed by atoms with Gasteiger partial charge in [-0.15, -0.1) is 0 Å². The number of hydrogen-bond acceptors (Lipinski definition) is 3. The van der Waals surface area contributed by atoms with Crippen molar-refractivity contribution in [3.05, 3.63) is 35.9 Å². The Bertz CT molecular complexity index is 408. The predicted octanol–water partition coefficient (Wildman–Crippen LogP) is 3.00. The Morgan fingerprint density at radius 1 is 1.14 bits per heavy atom. The van der Waals surface area contributed by atoms with Gasteiger partial charge in [-0.25, -0.2) is 0 Å². The third-order valence-electron chi connectivity index (χ3n) is 5.01. The van der Waals surface area contributed by atoms with Crippen molar-refractivity contribution in [1.29, 1.82) is 0 Å². The largest absolute Gasteiger partial charge is 0.388 e. The highest BCUT2D eigenvalue weighted by molar-refractivity contribution is 5.18. The summed E-state index contributed by atoms with van der Waals surface area (Å²) in [6.45, 7) is 4.33. The van der Waals surface area contributed by atoms with Crippen LogP contribution in [0.1, 0.15) is 43.8 Å². The second-order valence-electron chi connectivity index (χ2n) is 6.46. The molecule has 0 radical (unpaired) electrons. The molecule has 0 unspecified atom stereocenters. The van der Waals surface area contributed by atoms with E-state index in [9.17, 15) is 5.11 Å². The van der Waals surface area contributed by atoms with E-state index in [2.05, 4.69) is 4.90 Å². The van der Waals surface area contributed by atoms with Crippen LogP contribution in [0, 0.1) is 5.92 Å². The van der Waals surface area contributed by atoms with Crippen LogP contribution in [-0.4, -0.2) is 42.4 Å². The van der Waals surface area contributed by atoms with Crippen molar-refractivity contribution in [2.75, 3.05) is 26.2 Å². The maximum atomic E-state index is 10.5. The van der Waals surface area contributed by atoms with Gasteiger partial charge in [0, 0.05) is 13.2 Å². The highest BCUT2D eigenvalue weighted by Crippen LogP contribution is 2.30. The Morgan fingerprint density at radius 2 is 1.90 bits per heavy atom. The Labute approximate surface area is 127 Å². The van der Waals surface area contributed by atoms with Crippen molar-refractivity contribution >= 4 is 0 Å². The van der Waals surface area contributed by atoms with Crippen LogP contribution < -0.4 is 0 Å². The molecule has 116 valence electrons. The Hall–Kier alpha value is -0.900. The molecule has 1 aromatic rings. The predicted molar refractivity (Wildman–Crippen MR) is 84.2 cm³/mol. The van der Waals surface area contributed by atoms with Gasteiger partial charge in [-0.05, 0) is 56.7 Å². The summed E-state index contributed by atoms with van der Waals surface area (Å²) in [4.78, 5) is 2.54. The van der Waals surface area contributed by atoms with E-state index in [0.29, 0.717) is 12.0 Å². The molecule has 2 saturated heterocycles. The van der Waals surface area contributed by atoms with Crippen LogP contribution in [0.15, 0.2) is 30.3 Å². The van der Waals surface area contributed by atoms with Gasteiger partial charge in [0.25, 0.3) is 0 Å². The summed E-state index contributed by atoms with van der Waals surface area (Å²) in [5, 5.41) is 10.5. The lowest BCUT2D eigenvalue weighted by Gasteiger charge is -2.34. The summed E-state index contributed by atoms with van der Waals surface area (Å²) in [5.41, 5.74) is 1.07. The van der Waals surface area contributed by atoms with Gasteiger partial charge in [0.15, 0.2) is 0 Å². The summed E-state index contributed by atoms with van der Waals surface area (Å²) in [5.74, 6) is 0.409. The number of piperidine rings is 1. The molecule has 21 heavy (non-hydrogen) atoms. The molecule has 0 aliphatic carbocycles. The number of aliphatic hydroxyl groups is 1. The molecule has 0 amide bonds. The lowest BCUT2D eigenvalue weighted by Crippen LogP contribution is -2.37. The third-order valence-corrected chi connectivity index (χ3v) is 5.01. The van der Waals surface area contributed by atoms with Gasteiger partial charge < -0.3 is 14.7 Å². The van der Waals surface area contributed by atoms with Crippen LogP contribution in [0.3, 0.4) is 0 Å². The van der Waals surface area contributed by atoms with Gasteiger partial charge in [-0.3, -0.25) is 0 Å². The summed E-state index contributed by atoms with van der Waals surface area (Å²) < 4.78 is 5.69. The van der Waals surface area contributed by atoms with Crippen molar-refractivity contribution in [2.45, 2.75) is 44.3 Å². The molecule has 2 atom stereocenters. The van der Waals surface area contributed by atoms with Crippen LogP contribution in [-0.2, 0) is 4.74 Å². The first-order valence-corrected chi connectivity index (χ1v) is 8.40. The Kier molecular flexibility index (Phi) is 5.28. The summed E-state index contributed by atoms with van der Waals surface area (Å²) in [7, 11) is 0. The molecule has 0 saturated carbocycles. The van der Waals surface area contributed by atoms with Crippen molar-refractivity contribution in [3.8, 4) is 0 Å². The van der Waals surface area contributed by atoms with E-state index >= 15 is 0 Å². The molecular formula is C18H27NO2. The lowest BCUT2D eigenvalue weighted by molar-refractivity contribution is 0.0485. The van der Waals surface area contributed by atoms with Gasteiger partial charge in [-0.2, -0.15) is 0 Å². The summed E-state index contributed by atoms with van der Waals surface area (Å²) in [6, 6.07) is 10.1. The smallest absolute Gasteiger partial charge is 0.0819 e. The lowest BCUT2D eigenvalue weighted by atomic mass is 9.87. The molecule has 1 aromatic carbocycles. The van der Waals surface area contributed by atoms with E-state index in [1.807, 2.05) is 30.3 Å². The zero-order valence-electron chi connectivity index (χ0n) is 12.8. The topological polar surface area (TPSA) is 32.7 Å². The molecule has 0 bridgehead atoms. The first kappa shape index (κ1) is 15.0. The van der Waals surface area contributed by atoms with E-state index in [1.54, 1.807) is 0 Å². The first-order chi connectivity index (χ1) is 10.3. The standard InChI is InChI=1S/C18H27NO2/c20-18(15-5-2-1-3-6-15)16-8-11-19(12-9-16)13-10-17-7-4-14-21-17/h1-3,5-6,16-18,20H,4,7-14H2/t17-,18-/m1/s1. The number of aliphatic hydroxyl groups excluding tert-OH is 1.